The molecule has 0 saturated carbocycles. The minimum Gasteiger partial charge on any atom is -0.497 e. The number of methoxy groups -OCH3 is 2. The summed E-state index contributed by atoms with van der Waals surface area (Å²) in [6, 6.07) is 19.6. The van der Waals surface area contributed by atoms with E-state index in [0.717, 1.165) is 16.7 Å². The van der Waals surface area contributed by atoms with E-state index in [2.05, 4.69) is 5.10 Å². The van der Waals surface area contributed by atoms with E-state index < -0.39 is 16.1 Å². The van der Waals surface area contributed by atoms with Crippen molar-refractivity contribution in [2.24, 2.45) is 5.10 Å². The van der Waals surface area contributed by atoms with Crippen LogP contribution in [-0.2, 0) is 10.0 Å². The number of sulfonamides is 1. The molecule has 3 aromatic carbocycles. The summed E-state index contributed by atoms with van der Waals surface area (Å²) in [5.41, 5.74) is 4.41. The summed E-state index contributed by atoms with van der Waals surface area (Å²) in [7, 11) is -0.748. The molecule has 1 aliphatic rings. The first kappa shape index (κ1) is 21.9. The fourth-order valence-corrected chi connectivity index (χ4v) is 5.21. The number of hydrogen-bond donors (Lipinski definition) is 0. The lowest BCUT2D eigenvalue weighted by Crippen LogP contribution is -2.27. The molecular formula is C25H26N2O4S. The second-order valence-electron chi connectivity index (χ2n) is 7.83. The minimum absolute atomic E-state index is 0.198. The zero-order valence-electron chi connectivity index (χ0n) is 18.6. The lowest BCUT2D eigenvalue weighted by atomic mass is 9.97. The molecule has 0 fully saturated rings. The number of benzene rings is 3. The van der Waals surface area contributed by atoms with Crippen molar-refractivity contribution in [2.45, 2.75) is 31.2 Å². The van der Waals surface area contributed by atoms with Gasteiger partial charge in [-0.3, -0.25) is 0 Å². The van der Waals surface area contributed by atoms with Crippen molar-refractivity contribution in [3.63, 3.8) is 0 Å². The van der Waals surface area contributed by atoms with Gasteiger partial charge in [-0.1, -0.05) is 47.5 Å². The van der Waals surface area contributed by atoms with Gasteiger partial charge in [-0.25, -0.2) is 0 Å². The number of hydrazone groups is 1. The van der Waals surface area contributed by atoms with E-state index in [0.29, 0.717) is 29.2 Å². The van der Waals surface area contributed by atoms with Gasteiger partial charge in [0.25, 0.3) is 10.0 Å². The van der Waals surface area contributed by atoms with Crippen molar-refractivity contribution >= 4 is 15.7 Å². The van der Waals surface area contributed by atoms with Gasteiger partial charge in [0.05, 0.1) is 30.9 Å². The molecule has 0 N–H and O–H groups in total. The predicted molar refractivity (Wildman–Crippen MR) is 125 cm³/mol. The maximum absolute atomic E-state index is 13.7. The molecule has 0 aliphatic carbocycles. The Morgan fingerprint density at radius 1 is 0.875 bits per heavy atom. The van der Waals surface area contributed by atoms with Crippen LogP contribution in [0.2, 0.25) is 0 Å². The van der Waals surface area contributed by atoms with Crippen LogP contribution >= 0.6 is 0 Å². The number of nitrogens with zero attached hydrogens (tertiary/aromatic N) is 2. The van der Waals surface area contributed by atoms with Gasteiger partial charge < -0.3 is 9.47 Å². The summed E-state index contributed by atoms with van der Waals surface area (Å²) >= 11 is 0. The van der Waals surface area contributed by atoms with Crippen LogP contribution in [0.25, 0.3) is 0 Å². The molecule has 7 heteroatoms. The Balaban J connectivity index is 1.85. The second kappa shape index (κ2) is 8.67. The Kier molecular flexibility index (Phi) is 5.93. The molecule has 4 rings (SSSR count). The highest BCUT2D eigenvalue weighted by Gasteiger charge is 2.39. The van der Waals surface area contributed by atoms with Crippen molar-refractivity contribution in [3.05, 3.63) is 89.0 Å². The highest BCUT2D eigenvalue weighted by molar-refractivity contribution is 7.89. The van der Waals surface area contributed by atoms with Crippen LogP contribution in [0.1, 0.15) is 34.7 Å². The molecule has 1 heterocycles. The molecule has 0 amide bonds. The zero-order valence-corrected chi connectivity index (χ0v) is 19.4. The number of hydrogen-bond acceptors (Lipinski definition) is 5. The average molecular weight is 451 g/mol. The molecule has 1 aliphatic heterocycles. The van der Waals surface area contributed by atoms with Crippen LogP contribution in [0, 0.1) is 13.8 Å². The van der Waals surface area contributed by atoms with Crippen LogP contribution in [0.4, 0.5) is 0 Å². The standard InChI is InChI=1S/C25H26N2O4S/c1-17-5-9-19(10-6-17)23-16-24(22-15-20(30-3)11-14-25(22)31-4)27(26-23)32(28,29)21-12-7-18(2)8-13-21/h5-15,24H,16H2,1-4H3/t24-/m1/s1. The Morgan fingerprint density at radius 2 is 1.50 bits per heavy atom. The quantitative estimate of drug-likeness (QED) is 0.538. The molecule has 1 atom stereocenters. The molecule has 0 spiro atoms. The van der Waals surface area contributed by atoms with E-state index >= 15 is 0 Å². The molecule has 32 heavy (non-hydrogen) atoms. The molecule has 6 nitrogen and oxygen atoms in total. The first-order valence-corrected chi connectivity index (χ1v) is 11.7. The van der Waals surface area contributed by atoms with Gasteiger partial charge in [-0.05, 0) is 49.7 Å². The van der Waals surface area contributed by atoms with E-state index in [-0.39, 0.29) is 4.90 Å². The number of aryl methyl sites for hydroxylation is 2. The Hall–Kier alpha value is -3.32. The molecule has 166 valence electrons. The monoisotopic (exact) mass is 450 g/mol. The molecule has 0 aromatic heterocycles. The van der Waals surface area contributed by atoms with Gasteiger partial charge in [0.15, 0.2) is 0 Å². The largest absolute Gasteiger partial charge is 0.497 e. The first-order chi connectivity index (χ1) is 15.3. The van der Waals surface area contributed by atoms with Crippen LogP contribution in [0.5, 0.6) is 11.5 Å². The first-order valence-electron chi connectivity index (χ1n) is 10.3. The Labute approximate surface area is 189 Å². The number of rotatable bonds is 6. The lowest BCUT2D eigenvalue weighted by molar-refractivity contribution is 0.346. The van der Waals surface area contributed by atoms with Gasteiger partial charge in [0, 0.05) is 12.0 Å². The molecule has 0 unspecified atom stereocenters. The van der Waals surface area contributed by atoms with Crippen molar-refractivity contribution in [3.8, 4) is 11.5 Å². The highest BCUT2D eigenvalue weighted by atomic mass is 32.2. The van der Waals surface area contributed by atoms with Gasteiger partial charge in [-0.15, -0.1) is 0 Å². The fraction of sp³-hybridized carbons (Fsp3) is 0.240. The minimum atomic E-state index is -3.90. The van der Waals surface area contributed by atoms with Crippen molar-refractivity contribution < 1.29 is 17.9 Å². The zero-order chi connectivity index (χ0) is 22.9. The summed E-state index contributed by atoms with van der Waals surface area (Å²) in [4.78, 5) is 0.198. The van der Waals surface area contributed by atoms with Crippen molar-refractivity contribution in [2.75, 3.05) is 14.2 Å². The maximum Gasteiger partial charge on any atom is 0.279 e. The third-order valence-electron chi connectivity index (χ3n) is 5.62. The summed E-state index contributed by atoms with van der Waals surface area (Å²) in [5.74, 6) is 1.21. The average Bonchev–Trinajstić information content (AvgIpc) is 3.25. The molecule has 0 saturated heterocycles. The number of ether oxygens (including phenoxy) is 2. The Bertz CT molecular complexity index is 1250. The second-order valence-corrected chi connectivity index (χ2v) is 9.63. The Morgan fingerprint density at radius 3 is 2.09 bits per heavy atom. The van der Waals surface area contributed by atoms with E-state index in [4.69, 9.17) is 9.47 Å². The third-order valence-corrected chi connectivity index (χ3v) is 7.31. The predicted octanol–water partition coefficient (Wildman–Crippen LogP) is 4.86. The maximum atomic E-state index is 13.7. The smallest absolute Gasteiger partial charge is 0.279 e. The lowest BCUT2D eigenvalue weighted by Gasteiger charge is -2.25. The van der Waals surface area contributed by atoms with Crippen LogP contribution in [0.15, 0.2) is 76.7 Å². The molecular weight excluding hydrogens is 424 g/mol. The van der Waals surface area contributed by atoms with E-state index in [9.17, 15) is 8.42 Å². The van der Waals surface area contributed by atoms with Crippen LogP contribution in [-0.4, -0.2) is 32.8 Å². The van der Waals surface area contributed by atoms with Crippen molar-refractivity contribution in [1.82, 2.24) is 4.41 Å². The van der Waals surface area contributed by atoms with Gasteiger partial charge in [0.1, 0.15) is 11.5 Å². The van der Waals surface area contributed by atoms with Gasteiger partial charge in [0.2, 0.25) is 0 Å². The molecule has 0 bridgehead atoms. The van der Waals surface area contributed by atoms with E-state index in [1.54, 1.807) is 50.6 Å². The normalized spacial score (nSPS) is 16.1. The third kappa shape index (κ3) is 4.08. The molecule has 0 radical (unpaired) electrons. The van der Waals surface area contributed by atoms with E-state index in [1.807, 2.05) is 44.2 Å². The van der Waals surface area contributed by atoms with Crippen molar-refractivity contribution in [1.29, 1.82) is 0 Å². The SMILES string of the molecule is COc1ccc(OC)c([C@H]2CC(c3ccc(C)cc3)=NN2S(=O)(=O)c2ccc(C)cc2)c1. The summed E-state index contributed by atoms with van der Waals surface area (Å²) < 4.78 is 39.5. The molecule has 3 aromatic rings. The van der Waals surface area contributed by atoms with E-state index in [1.165, 1.54) is 4.41 Å². The van der Waals surface area contributed by atoms with Crippen LogP contribution < -0.4 is 9.47 Å². The topological polar surface area (TPSA) is 68.2 Å². The van der Waals surface area contributed by atoms with Crippen LogP contribution in [0.3, 0.4) is 0 Å². The fourth-order valence-electron chi connectivity index (χ4n) is 3.78. The summed E-state index contributed by atoms with van der Waals surface area (Å²) in [5, 5.41) is 4.61. The van der Waals surface area contributed by atoms with Gasteiger partial charge >= 0.3 is 0 Å². The summed E-state index contributed by atoms with van der Waals surface area (Å²) in [6.45, 7) is 3.93. The highest BCUT2D eigenvalue weighted by Crippen LogP contribution is 2.42. The van der Waals surface area contributed by atoms with Gasteiger partial charge in [-0.2, -0.15) is 17.9 Å². The summed E-state index contributed by atoms with van der Waals surface area (Å²) in [6.07, 6.45) is 0.414.